The van der Waals surface area contributed by atoms with Crippen LogP contribution in [0.4, 0.5) is 0 Å². The van der Waals surface area contributed by atoms with Crippen LogP contribution in [-0.2, 0) is 6.54 Å². The maximum absolute atomic E-state index is 5.73. The molecule has 0 amide bonds. The third kappa shape index (κ3) is 1.89. The molecule has 4 heteroatoms. The van der Waals surface area contributed by atoms with Crippen LogP contribution in [0.5, 0.6) is 0 Å². The summed E-state index contributed by atoms with van der Waals surface area (Å²) in [6, 6.07) is 1.10. The third-order valence-electron chi connectivity index (χ3n) is 2.76. The second-order valence-electron chi connectivity index (χ2n) is 3.91. The fourth-order valence-electron chi connectivity index (χ4n) is 1.77. The summed E-state index contributed by atoms with van der Waals surface area (Å²) in [5.74, 6) is 0. The maximum Gasteiger partial charge on any atom is 0.0532 e. The predicted molar refractivity (Wildman–Crippen MR) is 51.1 cm³/mol. The summed E-state index contributed by atoms with van der Waals surface area (Å²) in [7, 11) is 2.14. The van der Waals surface area contributed by atoms with Crippen LogP contribution in [0, 0.1) is 0 Å². The third-order valence-corrected chi connectivity index (χ3v) is 2.76. The van der Waals surface area contributed by atoms with Crippen LogP contribution in [0.2, 0.25) is 0 Å². The van der Waals surface area contributed by atoms with Crippen LogP contribution in [0.3, 0.4) is 0 Å². The highest BCUT2D eigenvalue weighted by Crippen LogP contribution is 2.23. The molecule has 0 bridgehead atoms. The van der Waals surface area contributed by atoms with Gasteiger partial charge in [-0.1, -0.05) is 0 Å². The van der Waals surface area contributed by atoms with Crippen molar-refractivity contribution in [3.05, 3.63) is 18.0 Å². The molecule has 72 valence electrons. The van der Waals surface area contributed by atoms with E-state index in [1.807, 2.05) is 12.4 Å². The number of rotatable bonds is 3. The van der Waals surface area contributed by atoms with E-state index < -0.39 is 0 Å². The summed E-state index contributed by atoms with van der Waals surface area (Å²) in [4.78, 5) is 2.34. The van der Waals surface area contributed by atoms with E-state index in [1.54, 1.807) is 0 Å². The minimum atomic E-state index is 0.428. The predicted octanol–water partition coefficient (Wildman–Crippen LogP) is 0.331. The van der Waals surface area contributed by atoms with Gasteiger partial charge in [0.25, 0.3) is 0 Å². The highest BCUT2D eigenvalue weighted by atomic mass is 15.2. The topological polar surface area (TPSA) is 57.9 Å². The first-order chi connectivity index (χ1) is 6.25. The van der Waals surface area contributed by atoms with Gasteiger partial charge >= 0.3 is 0 Å². The van der Waals surface area contributed by atoms with Crippen LogP contribution in [0.15, 0.2) is 12.4 Å². The van der Waals surface area contributed by atoms with Crippen molar-refractivity contribution in [1.82, 2.24) is 15.1 Å². The van der Waals surface area contributed by atoms with Gasteiger partial charge in [-0.25, -0.2) is 0 Å². The lowest BCUT2D eigenvalue weighted by atomic mass is 9.86. The van der Waals surface area contributed by atoms with E-state index >= 15 is 0 Å². The van der Waals surface area contributed by atoms with Crippen molar-refractivity contribution in [3.8, 4) is 0 Å². The Morgan fingerprint density at radius 1 is 1.69 bits per heavy atom. The summed E-state index contributed by atoms with van der Waals surface area (Å²) in [5.41, 5.74) is 6.97. The van der Waals surface area contributed by atoms with Crippen LogP contribution in [0.1, 0.15) is 18.4 Å². The quantitative estimate of drug-likeness (QED) is 0.705. The molecule has 0 spiro atoms. The first kappa shape index (κ1) is 8.72. The second kappa shape index (κ2) is 3.47. The molecule has 0 radical (unpaired) electrons. The number of nitrogens with one attached hydrogen (secondary N) is 1. The van der Waals surface area contributed by atoms with Gasteiger partial charge in [-0.2, -0.15) is 5.10 Å². The van der Waals surface area contributed by atoms with Crippen molar-refractivity contribution in [1.29, 1.82) is 0 Å². The lowest BCUT2D eigenvalue weighted by molar-refractivity contribution is 0.132. The summed E-state index contributed by atoms with van der Waals surface area (Å²) in [5, 5.41) is 6.73. The van der Waals surface area contributed by atoms with Gasteiger partial charge in [0.2, 0.25) is 0 Å². The molecule has 3 N–H and O–H groups in total. The summed E-state index contributed by atoms with van der Waals surface area (Å²) in [6.45, 7) is 0.966. The standard InChI is InChI=1S/C9H16N4/c1-13(9-2-8(10)3-9)6-7-4-11-12-5-7/h4-5,8-9H,2-3,6,10H2,1H3,(H,11,12). The van der Waals surface area contributed by atoms with Crippen LogP contribution in [-0.4, -0.2) is 34.2 Å². The Morgan fingerprint density at radius 2 is 2.46 bits per heavy atom. The van der Waals surface area contributed by atoms with Crippen molar-refractivity contribution in [3.63, 3.8) is 0 Å². The number of hydrogen-bond donors (Lipinski definition) is 2. The molecule has 1 heterocycles. The summed E-state index contributed by atoms with van der Waals surface area (Å²) in [6.07, 6.45) is 6.08. The molecule has 0 saturated heterocycles. The maximum atomic E-state index is 5.73. The molecule has 0 atom stereocenters. The van der Waals surface area contributed by atoms with Gasteiger partial charge in [-0.3, -0.25) is 10.00 Å². The minimum Gasteiger partial charge on any atom is -0.328 e. The van der Waals surface area contributed by atoms with E-state index in [-0.39, 0.29) is 0 Å². The molecule has 1 fully saturated rings. The number of nitrogens with zero attached hydrogens (tertiary/aromatic N) is 2. The Balaban J connectivity index is 1.82. The van der Waals surface area contributed by atoms with Crippen molar-refractivity contribution >= 4 is 0 Å². The smallest absolute Gasteiger partial charge is 0.0532 e. The molecule has 0 unspecified atom stereocenters. The highest BCUT2D eigenvalue weighted by Gasteiger charge is 2.28. The molecular weight excluding hydrogens is 164 g/mol. The first-order valence-electron chi connectivity index (χ1n) is 4.69. The molecule has 4 nitrogen and oxygen atoms in total. The van der Waals surface area contributed by atoms with Crippen molar-refractivity contribution < 1.29 is 0 Å². The minimum absolute atomic E-state index is 0.428. The Bertz CT molecular complexity index is 251. The lowest BCUT2D eigenvalue weighted by Gasteiger charge is -2.39. The Morgan fingerprint density at radius 3 is 3.00 bits per heavy atom. The first-order valence-corrected chi connectivity index (χ1v) is 4.69. The van der Waals surface area contributed by atoms with Crippen LogP contribution >= 0.6 is 0 Å². The molecule has 1 aliphatic rings. The van der Waals surface area contributed by atoms with Crippen LogP contribution < -0.4 is 5.73 Å². The van der Waals surface area contributed by atoms with Crippen molar-refractivity contribution in [2.24, 2.45) is 5.73 Å². The summed E-state index contributed by atoms with van der Waals surface area (Å²) < 4.78 is 0. The molecule has 2 rings (SSSR count). The number of H-pyrrole nitrogens is 1. The zero-order valence-electron chi connectivity index (χ0n) is 7.90. The molecular formula is C9H16N4. The Kier molecular flexibility index (Phi) is 2.33. The van der Waals surface area contributed by atoms with Crippen molar-refractivity contribution in [2.75, 3.05) is 7.05 Å². The van der Waals surface area contributed by atoms with Gasteiger partial charge in [0, 0.05) is 30.4 Å². The Hall–Kier alpha value is -0.870. The zero-order chi connectivity index (χ0) is 9.26. The molecule has 13 heavy (non-hydrogen) atoms. The molecule has 1 aliphatic carbocycles. The van der Waals surface area contributed by atoms with Gasteiger partial charge in [-0.15, -0.1) is 0 Å². The van der Waals surface area contributed by atoms with E-state index in [0.29, 0.717) is 12.1 Å². The number of aromatic nitrogens is 2. The van der Waals surface area contributed by atoms with Crippen LogP contribution in [0.25, 0.3) is 0 Å². The molecule has 1 saturated carbocycles. The largest absolute Gasteiger partial charge is 0.328 e. The van der Waals surface area contributed by atoms with Gasteiger partial charge in [0.1, 0.15) is 0 Å². The second-order valence-corrected chi connectivity index (χ2v) is 3.91. The van der Waals surface area contributed by atoms with E-state index in [4.69, 9.17) is 5.73 Å². The average molecular weight is 180 g/mol. The van der Waals surface area contributed by atoms with Gasteiger partial charge < -0.3 is 5.73 Å². The fourth-order valence-corrected chi connectivity index (χ4v) is 1.77. The average Bonchev–Trinajstić information content (AvgIpc) is 2.51. The molecule has 0 aliphatic heterocycles. The lowest BCUT2D eigenvalue weighted by Crippen LogP contribution is -2.48. The summed E-state index contributed by atoms with van der Waals surface area (Å²) >= 11 is 0. The SMILES string of the molecule is CN(Cc1cn[nH]c1)C1CC(N)C1. The Labute approximate surface area is 78.1 Å². The van der Waals surface area contributed by atoms with Crippen molar-refractivity contribution in [2.45, 2.75) is 31.5 Å². The molecule has 0 aromatic carbocycles. The number of aromatic amines is 1. The fraction of sp³-hybridized carbons (Fsp3) is 0.667. The zero-order valence-corrected chi connectivity index (χ0v) is 7.90. The van der Waals surface area contributed by atoms with E-state index in [9.17, 15) is 0 Å². The van der Waals surface area contributed by atoms with E-state index in [1.165, 1.54) is 5.56 Å². The van der Waals surface area contributed by atoms with Gasteiger partial charge in [-0.05, 0) is 19.9 Å². The molecule has 1 aromatic rings. The van der Waals surface area contributed by atoms with Gasteiger partial charge in [0.15, 0.2) is 0 Å². The van der Waals surface area contributed by atoms with Gasteiger partial charge in [0.05, 0.1) is 6.20 Å². The van der Waals surface area contributed by atoms with E-state index in [2.05, 4.69) is 22.1 Å². The monoisotopic (exact) mass is 180 g/mol. The number of hydrogen-bond acceptors (Lipinski definition) is 3. The highest BCUT2D eigenvalue weighted by molar-refractivity contribution is 5.03. The van der Waals surface area contributed by atoms with E-state index in [0.717, 1.165) is 19.4 Å². The normalized spacial score (nSPS) is 27.6. The molecule has 1 aromatic heterocycles. The number of nitrogens with two attached hydrogens (primary N) is 1.